The number of aliphatic hydroxyl groups excluding tert-OH is 2. The summed E-state index contributed by atoms with van der Waals surface area (Å²) >= 11 is 0. The first kappa shape index (κ1) is 18.6. The van der Waals surface area contributed by atoms with Gasteiger partial charge in [0.05, 0.1) is 18.3 Å². The second-order valence-electron chi connectivity index (χ2n) is 5.83. The number of esters is 2. The molecule has 0 saturated carbocycles. The number of hydrogen-bond acceptors (Lipinski definition) is 6. The molecule has 6 nitrogen and oxygen atoms in total. The maximum atomic E-state index is 11.6. The van der Waals surface area contributed by atoms with Crippen molar-refractivity contribution in [1.82, 2.24) is 0 Å². The Kier molecular flexibility index (Phi) is 8.12. The van der Waals surface area contributed by atoms with Gasteiger partial charge >= 0.3 is 11.9 Å². The summed E-state index contributed by atoms with van der Waals surface area (Å²) in [7, 11) is 0. The fourth-order valence-electron chi connectivity index (χ4n) is 2.20. The van der Waals surface area contributed by atoms with Gasteiger partial charge in [0.15, 0.2) is 0 Å². The normalized spacial score (nSPS) is 22.4. The number of hydrogen-bond donors (Lipinski definition) is 2. The minimum Gasteiger partial charge on any atom is -0.462 e. The monoisotopic (exact) mass is 314 g/mol. The predicted molar refractivity (Wildman–Crippen MR) is 80.0 cm³/mol. The van der Waals surface area contributed by atoms with Gasteiger partial charge in [0.25, 0.3) is 0 Å². The van der Waals surface area contributed by atoms with Crippen molar-refractivity contribution in [2.75, 3.05) is 0 Å². The number of ether oxygens (including phenoxy) is 2. The largest absolute Gasteiger partial charge is 0.462 e. The fourth-order valence-corrected chi connectivity index (χ4v) is 2.20. The Hall–Kier alpha value is -1.40. The van der Waals surface area contributed by atoms with E-state index >= 15 is 0 Å². The summed E-state index contributed by atoms with van der Waals surface area (Å²) in [6.45, 7) is 3.43. The molecule has 1 fully saturated rings. The van der Waals surface area contributed by atoms with Crippen LogP contribution in [0.25, 0.3) is 0 Å². The van der Waals surface area contributed by atoms with Crippen LogP contribution in [-0.4, -0.2) is 46.6 Å². The van der Waals surface area contributed by atoms with Crippen LogP contribution in [0.5, 0.6) is 0 Å². The molecule has 22 heavy (non-hydrogen) atoms. The van der Waals surface area contributed by atoms with E-state index in [1.165, 1.54) is 12.2 Å². The summed E-state index contributed by atoms with van der Waals surface area (Å²) in [5, 5.41) is 18.7. The lowest BCUT2D eigenvalue weighted by molar-refractivity contribution is -0.145. The van der Waals surface area contributed by atoms with E-state index in [2.05, 4.69) is 0 Å². The molecule has 126 valence electrons. The zero-order valence-corrected chi connectivity index (χ0v) is 13.2. The van der Waals surface area contributed by atoms with Gasteiger partial charge in [0.2, 0.25) is 0 Å². The number of aliphatic hydroxyl groups is 2. The van der Waals surface area contributed by atoms with Gasteiger partial charge in [-0.25, -0.2) is 4.79 Å². The molecule has 1 aliphatic heterocycles. The van der Waals surface area contributed by atoms with Gasteiger partial charge in [-0.15, -0.1) is 0 Å². The summed E-state index contributed by atoms with van der Waals surface area (Å²) in [5.74, 6) is -0.671. The van der Waals surface area contributed by atoms with Gasteiger partial charge in [0, 0.05) is 12.5 Å². The molecular weight excluding hydrogens is 288 g/mol. The van der Waals surface area contributed by atoms with Gasteiger partial charge < -0.3 is 19.7 Å². The molecule has 0 spiro atoms. The molecule has 0 aromatic carbocycles. The highest BCUT2D eigenvalue weighted by Crippen LogP contribution is 2.19. The number of carbonyl (C=O) groups excluding carboxylic acids is 2. The van der Waals surface area contributed by atoms with Crippen molar-refractivity contribution < 1.29 is 29.3 Å². The van der Waals surface area contributed by atoms with Crippen LogP contribution in [0.15, 0.2) is 12.2 Å². The van der Waals surface area contributed by atoms with E-state index in [0.29, 0.717) is 32.1 Å². The van der Waals surface area contributed by atoms with Crippen LogP contribution >= 0.6 is 0 Å². The Labute approximate surface area is 131 Å². The third-order valence-electron chi connectivity index (χ3n) is 3.52. The average molecular weight is 314 g/mol. The molecular formula is C16H26O6. The number of cyclic esters (lactones) is 1. The van der Waals surface area contributed by atoms with Crippen LogP contribution in [0, 0.1) is 0 Å². The van der Waals surface area contributed by atoms with E-state index in [9.17, 15) is 14.7 Å². The molecule has 1 heterocycles. The summed E-state index contributed by atoms with van der Waals surface area (Å²) < 4.78 is 10.3. The van der Waals surface area contributed by atoms with Crippen molar-refractivity contribution in [2.45, 2.75) is 76.8 Å². The molecule has 0 amide bonds. The highest BCUT2D eigenvalue weighted by atomic mass is 16.6. The Morgan fingerprint density at radius 3 is 2.68 bits per heavy atom. The third-order valence-corrected chi connectivity index (χ3v) is 3.52. The highest BCUT2D eigenvalue weighted by Gasteiger charge is 2.23. The van der Waals surface area contributed by atoms with E-state index in [0.717, 1.165) is 6.42 Å². The van der Waals surface area contributed by atoms with E-state index < -0.39 is 18.2 Å². The molecule has 4 atom stereocenters. The predicted octanol–water partition coefficient (Wildman–Crippen LogP) is 1.48. The second-order valence-corrected chi connectivity index (χ2v) is 5.83. The van der Waals surface area contributed by atoms with E-state index in [1.54, 1.807) is 13.8 Å². The van der Waals surface area contributed by atoms with Crippen LogP contribution in [0.4, 0.5) is 0 Å². The molecule has 0 aromatic heterocycles. The van der Waals surface area contributed by atoms with Crippen LogP contribution in [0.2, 0.25) is 0 Å². The molecule has 1 saturated heterocycles. The van der Waals surface area contributed by atoms with Crippen LogP contribution in [0.3, 0.4) is 0 Å². The highest BCUT2D eigenvalue weighted by molar-refractivity contribution is 5.82. The average Bonchev–Trinajstić information content (AvgIpc) is 2.86. The quantitative estimate of drug-likeness (QED) is 0.495. The summed E-state index contributed by atoms with van der Waals surface area (Å²) in [6, 6.07) is 0. The van der Waals surface area contributed by atoms with Gasteiger partial charge in [-0.3, -0.25) is 4.79 Å². The van der Waals surface area contributed by atoms with Gasteiger partial charge in [-0.1, -0.05) is 0 Å². The summed E-state index contributed by atoms with van der Waals surface area (Å²) in [6.07, 6.45) is 4.37. The molecule has 0 radical (unpaired) electrons. The van der Waals surface area contributed by atoms with Crippen molar-refractivity contribution in [1.29, 1.82) is 0 Å². The van der Waals surface area contributed by atoms with Gasteiger partial charge in [-0.05, 0) is 52.0 Å². The number of carbonyl (C=O) groups is 2. The van der Waals surface area contributed by atoms with Crippen molar-refractivity contribution >= 4 is 11.9 Å². The lowest BCUT2D eigenvalue weighted by Crippen LogP contribution is -2.17. The Morgan fingerprint density at radius 2 is 2.09 bits per heavy atom. The standard InChI is InChI=1S/C16H26O6/c1-11(17)3-5-13(18)6-9-15(19)21-12(2)4-7-14-8-10-16(20)22-14/h6,9,11-14,17-18H,3-5,7-8,10H2,1-2H3/b9-6+/t11-,12-,13+,14-/m1/s1. The lowest BCUT2D eigenvalue weighted by Gasteiger charge is -2.14. The maximum absolute atomic E-state index is 11.6. The van der Waals surface area contributed by atoms with Crippen LogP contribution in [-0.2, 0) is 19.1 Å². The minimum atomic E-state index is -0.768. The Bertz CT molecular complexity index is 390. The van der Waals surface area contributed by atoms with Crippen molar-refractivity contribution in [3.05, 3.63) is 12.2 Å². The molecule has 1 aliphatic rings. The Morgan fingerprint density at radius 1 is 1.36 bits per heavy atom. The van der Waals surface area contributed by atoms with Crippen LogP contribution < -0.4 is 0 Å². The molecule has 2 N–H and O–H groups in total. The van der Waals surface area contributed by atoms with Gasteiger partial charge in [0.1, 0.15) is 6.10 Å². The zero-order valence-electron chi connectivity index (χ0n) is 13.2. The topological polar surface area (TPSA) is 93.1 Å². The first-order chi connectivity index (χ1) is 10.4. The fraction of sp³-hybridized carbons (Fsp3) is 0.750. The summed E-state index contributed by atoms with van der Waals surface area (Å²) in [5.41, 5.74) is 0. The van der Waals surface area contributed by atoms with Crippen molar-refractivity contribution in [3.63, 3.8) is 0 Å². The SMILES string of the molecule is C[C@H](CC[C@@H]1CCC(=O)O1)OC(=O)/C=C/[C@@H](O)CC[C@@H](C)O. The maximum Gasteiger partial charge on any atom is 0.330 e. The molecule has 0 aliphatic carbocycles. The first-order valence-electron chi connectivity index (χ1n) is 7.81. The smallest absolute Gasteiger partial charge is 0.330 e. The third kappa shape index (κ3) is 8.14. The number of rotatable bonds is 9. The molecule has 1 rings (SSSR count). The molecule has 0 aromatic rings. The second kappa shape index (κ2) is 9.58. The summed E-state index contributed by atoms with van der Waals surface area (Å²) in [4.78, 5) is 22.6. The van der Waals surface area contributed by atoms with E-state index in [1.807, 2.05) is 0 Å². The minimum absolute atomic E-state index is 0.0634. The lowest BCUT2D eigenvalue weighted by atomic mass is 10.1. The van der Waals surface area contributed by atoms with Crippen molar-refractivity contribution in [2.24, 2.45) is 0 Å². The molecule has 0 unspecified atom stereocenters. The van der Waals surface area contributed by atoms with Crippen LogP contribution in [0.1, 0.15) is 52.4 Å². The zero-order chi connectivity index (χ0) is 16.5. The first-order valence-corrected chi connectivity index (χ1v) is 7.81. The molecule has 0 bridgehead atoms. The van der Waals surface area contributed by atoms with E-state index in [4.69, 9.17) is 14.6 Å². The van der Waals surface area contributed by atoms with Crippen molar-refractivity contribution in [3.8, 4) is 0 Å². The van der Waals surface area contributed by atoms with Gasteiger partial charge in [-0.2, -0.15) is 0 Å². The molecule has 6 heteroatoms. The van der Waals surface area contributed by atoms with E-state index in [-0.39, 0.29) is 18.2 Å². The Balaban J connectivity index is 2.18.